The van der Waals surface area contributed by atoms with Crippen molar-refractivity contribution in [2.24, 2.45) is 5.92 Å². The van der Waals surface area contributed by atoms with E-state index >= 15 is 0 Å². The first kappa shape index (κ1) is 21.0. The summed E-state index contributed by atoms with van der Waals surface area (Å²) >= 11 is 1.55. The highest BCUT2D eigenvalue weighted by Crippen LogP contribution is 2.29. The first-order chi connectivity index (χ1) is 14.2. The van der Waals surface area contributed by atoms with Gasteiger partial charge in [-0.25, -0.2) is 9.78 Å². The van der Waals surface area contributed by atoms with Gasteiger partial charge in [0.05, 0.1) is 18.0 Å². The van der Waals surface area contributed by atoms with Crippen LogP contribution in [0.3, 0.4) is 0 Å². The molecule has 0 bridgehead atoms. The number of carbonyl (C=O) groups excluding carboxylic acids is 1. The second kappa shape index (κ2) is 10.7. The predicted molar refractivity (Wildman–Crippen MR) is 119 cm³/mol. The maximum Gasteiger partial charge on any atom is 0.411 e. The summed E-state index contributed by atoms with van der Waals surface area (Å²) in [5.41, 5.74) is 3.35. The number of pyridine rings is 1. The lowest BCUT2D eigenvalue weighted by atomic mass is 10.0. The van der Waals surface area contributed by atoms with Crippen molar-refractivity contribution in [3.05, 3.63) is 54.0 Å². The summed E-state index contributed by atoms with van der Waals surface area (Å²) in [4.78, 5) is 21.2. The second-order valence-electron chi connectivity index (χ2n) is 6.97. The largest absolute Gasteiger partial charge is 0.449 e. The highest BCUT2D eigenvalue weighted by molar-refractivity contribution is 7.13. The molecule has 3 aromatic rings. The lowest BCUT2D eigenvalue weighted by Gasteiger charge is -2.15. The number of hydrogen-bond donors (Lipinski definition) is 1. The van der Waals surface area contributed by atoms with Gasteiger partial charge < -0.3 is 4.74 Å². The van der Waals surface area contributed by atoms with Gasteiger partial charge in [-0.3, -0.25) is 10.3 Å². The molecule has 0 aliphatic rings. The van der Waals surface area contributed by atoms with Gasteiger partial charge in [-0.15, -0.1) is 11.3 Å². The molecule has 1 atom stereocenters. The molecule has 0 aliphatic heterocycles. The van der Waals surface area contributed by atoms with Crippen molar-refractivity contribution in [3.8, 4) is 22.0 Å². The Kier molecular flexibility index (Phi) is 7.76. The van der Waals surface area contributed by atoms with Gasteiger partial charge in [-0.05, 0) is 36.6 Å². The smallest absolute Gasteiger partial charge is 0.411 e. The summed E-state index contributed by atoms with van der Waals surface area (Å²) in [6.45, 7) is 4.77. The standard InChI is InChI=1S/C23H27N3O2S/c1-3-5-9-17(4-2)15-28-23(27)25-19-11-8-10-18(14-19)21-16-29-22(26-21)20-12-6-7-13-24-20/h6-8,10-14,16-17H,3-5,9,15H2,1-2H3,(H,25,27). The molecule has 2 heterocycles. The van der Waals surface area contributed by atoms with Crippen molar-refractivity contribution in [2.75, 3.05) is 11.9 Å². The van der Waals surface area contributed by atoms with Crippen molar-refractivity contribution in [1.29, 1.82) is 0 Å². The Morgan fingerprint density at radius 1 is 1.17 bits per heavy atom. The molecule has 0 radical (unpaired) electrons. The van der Waals surface area contributed by atoms with Crippen LogP contribution in [0.2, 0.25) is 0 Å². The second-order valence-corrected chi connectivity index (χ2v) is 7.83. The van der Waals surface area contributed by atoms with E-state index < -0.39 is 6.09 Å². The van der Waals surface area contributed by atoms with E-state index in [2.05, 4.69) is 29.1 Å². The molecule has 152 valence electrons. The van der Waals surface area contributed by atoms with E-state index in [9.17, 15) is 4.79 Å². The number of nitrogens with zero attached hydrogens (tertiary/aromatic N) is 2. The number of benzene rings is 1. The van der Waals surface area contributed by atoms with Crippen LogP contribution in [0.5, 0.6) is 0 Å². The Hall–Kier alpha value is -2.73. The average molecular weight is 410 g/mol. The summed E-state index contributed by atoms with van der Waals surface area (Å²) < 4.78 is 5.43. The third-order valence-electron chi connectivity index (χ3n) is 4.79. The fourth-order valence-corrected chi connectivity index (χ4v) is 3.82. The maximum atomic E-state index is 12.2. The van der Waals surface area contributed by atoms with Gasteiger partial charge in [0.1, 0.15) is 5.01 Å². The van der Waals surface area contributed by atoms with Crippen LogP contribution < -0.4 is 5.32 Å². The van der Waals surface area contributed by atoms with Crippen molar-refractivity contribution < 1.29 is 9.53 Å². The molecule has 29 heavy (non-hydrogen) atoms. The van der Waals surface area contributed by atoms with E-state index in [4.69, 9.17) is 4.74 Å². The zero-order valence-corrected chi connectivity index (χ0v) is 17.7. The summed E-state index contributed by atoms with van der Waals surface area (Å²) in [6, 6.07) is 13.4. The molecule has 0 saturated carbocycles. The molecule has 2 aromatic heterocycles. The van der Waals surface area contributed by atoms with Crippen LogP contribution in [0.1, 0.15) is 39.5 Å². The highest BCUT2D eigenvalue weighted by Gasteiger charge is 2.12. The highest BCUT2D eigenvalue weighted by atomic mass is 32.1. The zero-order chi connectivity index (χ0) is 20.5. The van der Waals surface area contributed by atoms with E-state index in [1.807, 2.05) is 47.8 Å². The maximum absolute atomic E-state index is 12.2. The van der Waals surface area contributed by atoms with Crippen LogP contribution in [0.25, 0.3) is 22.0 Å². The van der Waals surface area contributed by atoms with Crippen LogP contribution in [0, 0.1) is 5.92 Å². The molecule has 0 saturated heterocycles. The third kappa shape index (κ3) is 6.12. The Labute approximate surface area is 176 Å². The number of carbonyl (C=O) groups is 1. The zero-order valence-electron chi connectivity index (χ0n) is 16.9. The number of hydrogen-bond acceptors (Lipinski definition) is 5. The van der Waals surface area contributed by atoms with Crippen LogP contribution in [-0.2, 0) is 4.74 Å². The van der Waals surface area contributed by atoms with Gasteiger partial charge in [0.15, 0.2) is 0 Å². The molecule has 3 rings (SSSR count). The molecule has 6 heteroatoms. The topological polar surface area (TPSA) is 64.1 Å². The molecular weight excluding hydrogens is 382 g/mol. The Morgan fingerprint density at radius 3 is 2.83 bits per heavy atom. The fourth-order valence-electron chi connectivity index (χ4n) is 3.02. The van der Waals surface area contributed by atoms with Gasteiger partial charge in [-0.2, -0.15) is 0 Å². The van der Waals surface area contributed by atoms with Gasteiger partial charge in [-0.1, -0.05) is 51.3 Å². The molecule has 1 unspecified atom stereocenters. The Bertz CT molecular complexity index is 911. The van der Waals surface area contributed by atoms with Crippen LogP contribution in [0.4, 0.5) is 10.5 Å². The number of rotatable bonds is 9. The fraction of sp³-hybridized carbons (Fsp3) is 0.348. The summed E-state index contributed by atoms with van der Waals surface area (Å²) in [5, 5.41) is 5.70. The first-order valence-corrected chi connectivity index (χ1v) is 11.0. The number of amides is 1. The molecular formula is C23H27N3O2S. The lowest BCUT2D eigenvalue weighted by molar-refractivity contribution is 0.136. The quantitative estimate of drug-likeness (QED) is 0.430. The molecule has 0 spiro atoms. The van der Waals surface area contributed by atoms with Gasteiger partial charge in [0.25, 0.3) is 0 Å². The first-order valence-electron chi connectivity index (χ1n) is 10.1. The average Bonchev–Trinajstić information content (AvgIpc) is 3.25. The SMILES string of the molecule is CCCCC(CC)COC(=O)Nc1cccc(-c2csc(-c3ccccn3)n2)c1. The monoisotopic (exact) mass is 409 g/mol. The number of thiazole rings is 1. The predicted octanol–water partition coefficient (Wildman–Crippen LogP) is 6.64. The molecule has 1 aromatic carbocycles. The van der Waals surface area contributed by atoms with E-state index in [1.165, 1.54) is 6.42 Å². The molecule has 0 aliphatic carbocycles. The molecule has 0 fully saturated rings. The van der Waals surface area contributed by atoms with Crippen LogP contribution in [0.15, 0.2) is 54.0 Å². The van der Waals surface area contributed by atoms with Crippen molar-refractivity contribution in [3.63, 3.8) is 0 Å². The Morgan fingerprint density at radius 2 is 2.07 bits per heavy atom. The van der Waals surface area contributed by atoms with E-state index in [0.717, 1.165) is 41.2 Å². The minimum Gasteiger partial charge on any atom is -0.449 e. The minimum atomic E-state index is -0.412. The molecule has 1 amide bonds. The number of unbranched alkanes of at least 4 members (excludes halogenated alkanes) is 1. The van der Waals surface area contributed by atoms with Gasteiger partial charge in [0.2, 0.25) is 0 Å². The summed E-state index contributed by atoms with van der Waals surface area (Å²) in [7, 11) is 0. The number of aromatic nitrogens is 2. The minimum absolute atomic E-state index is 0.412. The van der Waals surface area contributed by atoms with Gasteiger partial charge in [0, 0.05) is 22.8 Å². The number of ether oxygens (including phenoxy) is 1. The Balaban J connectivity index is 1.61. The van der Waals surface area contributed by atoms with Crippen LogP contribution in [-0.4, -0.2) is 22.7 Å². The van der Waals surface area contributed by atoms with Crippen molar-refractivity contribution in [2.45, 2.75) is 39.5 Å². The molecule has 1 N–H and O–H groups in total. The van der Waals surface area contributed by atoms with E-state index in [0.29, 0.717) is 18.2 Å². The van der Waals surface area contributed by atoms with E-state index in [1.54, 1.807) is 17.5 Å². The number of anilines is 1. The van der Waals surface area contributed by atoms with Gasteiger partial charge >= 0.3 is 6.09 Å². The lowest BCUT2D eigenvalue weighted by Crippen LogP contribution is -2.18. The summed E-state index contributed by atoms with van der Waals surface area (Å²) in [5.74, 6) is 0.423. The summed E-state index contributed by atoms with van der Waals surface area (Å²) in [6.07, 6.45) is 5.79. The van der Waals surface area contributed by atoms with Crippen LogP contribution >= 0.6 is 11.3 Å². The van der Waals surface area contributed by atoms with Crippen molar-refractivity contribution in [1.82, 2.24) is 9.97 Å². The normalized spacial score (nSPS) is 11.8. The van der Waals surface area contributed by atoms with Crippen molar-refractivity contribution >= 4 is 23.1 Å². The number of nitrogens with one attached hydrogen (secondary N) is 1. The molecule has 5 nitrogen and oxygen atoms in total. The third-order valence-corrected chi connectivity index (χ3v) is 5.65. The van der Waals surface area contributed by atoms with E-state index in [-0.39, 0.29) is 0 Å².